The normalized spacial score (nSPS) is 40.0. The van der Waals surface area contributed by atoms with Gasteiger partial charge in [-0.2, -0.15) is 10.3 Å². The van der Waals surface area contributed by atoms with E-state index in [0.717, 1.165) is 42.9 Å². The molecule has 0 unspecified atom stereocenters. The van der Waals surface area contributed by atoms with E-state index in [1.165, 1.54) is 6.42 Å². The Hall–Kier alpha value is -1.08. The molecule has 0 saturated heterocycles. The number of rotatable bonds is 6. The van der Waals surface area contributed by atoms with Gasteiger partial charge < -0.3 is 10.4 Å². The van der Waals surface area contributed by atoms with Gasteiger partial charge in [-0.3, -0.25) is 4.79 Å². The van der Waals surface area contributed by atoms with Crippen molar-refractivity contribution in [2.75, 3.05) is 12.3 Å². The van der Waals surface area contributed by atoms with Crippen LogP contribution in [0.5, 0.6) is 0 Å². The van der Waals surface area contributed by atoms with Gasteiger partial charge >= 0.3 is 0 Å². The maximum atomic E-state index is 13.0. The third-order valence-electron chi connectivity index (χ3n) is 6.42. The van der Waals surface area contributed by atoms with Crippen molar-refractivity contribution in [3.05, 3.63) is 6.20 Å². The van der Waals surface area contributed by atoms with E-state index in [0.29, 0.717) is 18.9 Å². The van der Waals surface area contributed by atoms with Crippen molar-refractivity contribution in [2.24, 2.45) is 16.7 Å². The Morgan fingerprint density at radius 2 is 2.29 bits per heavy atom. The molecule has 1 amide bonds. The minimum Gasteiger partial charge on any atom is -0.390 e. The average molecular weight is 350 g/mol. The number of aromatic amines is 1. The molecule has 4 aliphatic carbocycles. The Morgan fingerprint density at radius 1 is 1.42 bits per heavy atom. The number of nitrogens with zero attached hydrogens (tertiary/aromatic N) is 2. The van der Waals surface area contributed by atoms with Crippen LogP contribution in [-0.2, 0) is 4.79 Å². The van der Waals surface area contributed by atoms with Gasteiger partial charge in [0.05, 0.1) is 17.2 Å². The third kappa shape index (κ3) is 2.75. The summed E-state index contributed by atoms with van der Waals surface area (Å²) in [5.74, 6) is 1.45. The van der Waals surface area contributed by atoms with E-state index < -0.39 is 5.60 Å². The van der Waals surface area contributed by atoms with Crippen molar-refractivity contribution in [1.82, 2.24) is 20.7 Å². The molecule has 1 aromatic heterocycles. The molecular formula is C17H26N4O2S. The molecule has 0 radical (unpaired) electrons. The zero-order chi connectivity index (χ0) is 16.8. The van der Waals surface area contributed by atoms with Gasteiger partial charge in [-0.1, -0.05) is 13.3 Å². The first-order chi connectivity index (χ1) is 11.5. The highest BCUT2D eigenvalue weighted by Crippen LogP contribution is 2.67. The number of nitrogens with one attached hydrogen (secondary N) is 2. The van der Waals surface area contributed by atoms with Crippen LogP contribution < -0.4 is 5.32 Å². The SMILES string of the molecule is CC[C@]12C[C@@H]3C[C@@](O)(C1)C[C@@](C(=O)NCCSc1cn[nH]n1)(C3)C2. The van der Waals surface area contributed by atoms with Crippen LogP contribution in [0.1, 0.15) is 51.9 Å². The van der Waals surface area contributed by atoms with E-state index in [-0.39, 0.29) is 16.7 Å². The molecule has 4 fully saturated rings. The summed E-state index contributed by atoms with van der Waals surface area (Å²) in [6.45, 7) is 2.84. The van der Waals surface area contributed by atoms with E-state index in [4.69, 9.17) is 0 Å². The van der Waals surface area contributed by atoms with E-state index in [2.05, 4.69) is 27.7 Å². The van der Waals surface area contributed by atoms with Crippen LogP contribution in [0.25, 0.3) is 0 Å². The van der Waals surface area contributed by atoms with Gasteiger partial charge in [-0.15, -0.1) is 16.9 Å². The van der Waals surface area contributed by atoms with Crippen molar-refractivity contribution < 1.29 is 9.90 Å². The van der Waals surface area contributed by atoms with Crippen LogP contribution in [0.4, 0.5) is 0 Å². The summed E-state index contributed by atoms with van der Waals surface area (Å²) in [5.41, 5.74) is -0.772. The number of aliphatic hydroxyl groups is 1. The van der Waals surface area contributed by atoms with Gasteiger partial charge in [-0.25, -0.2) is 0 Å². The second-order valence-electron chi connectivity index (χ2n) is 8.28. The lowest BCUT2D eigenvalue weighted by Crippen LogP contribution is -2.63. The fourth-order valence-electron chi connectivity index (χ4n) is 6.00. The lowest BCUT2D eigenvalue weighted by atomic mass is 9.42. The average Bonchev–Trinajstić information content (AvgIpc) is 3.02. The lowest BCUT2D eigenvalue weighted by molar-refractivity contribution is -0.204. The highest BCUT2D eigenvalue weighted by atomic mass is 32.2. The molecule has 1 heterocycles. The number of hydrogen-bond acceptors (Lipinski definition) is 5. The largest absolute Gasteiger partial charge is 0.390 e. The predicted molar refractivity (Wildman–Crippen MR) is 91.4 cm³/mol. The van der Waals surface area contributed by atoms with E-state index in [9.17, 15) is 9.90 Å². The Morgan fingerprint density at radius 3 is 3.00 bits per heavy atom. The molecule has 0 aliphatic heterocycles. The zero-order valence-electron chi connectivity index (χ0n) is 14.2. The van der Waals surface area contributed by atoms with Gasteiger partial charge in [0.2, 0.25) is 5.91 Å². The lowest BCUT2D eigenvalue weighted by Gasteiger charge is -2.64. The fraction of sp³-hybridized carbons (Fsp3) is 0.824. The number of carbonyl (C=O) groups is 1. The molecule has 7 heteroatoms. The number of thioether (sulfide) groups is 1. The molecular weight excluding hydrogens is 324 g/mol. The number of aromatic nitrogens is 3. The van der Waals surface area contributed by atoms with Gasteiger partial charge in [-0.05, 0) is 49.9 Å². The Kier molecular flexibility index (Phi) is 3.91. The Bertz CT molecular complexity index is 624. The molecule has 0 aromatic carbocycles. The van der Waals surface area contributed by atoms with Crippen LogP contribution in [-0.4, -0.2) is 44.3 Å². The van der Waals surface area contributed by atoms with Gasteiger partial charge in [0, 0.05) is 12.3 Å². The zero-order valence-corrected chi connectivity index (χ0v) is 15.0. The topological polar surface area (TPSA) is 90.9 Å². The Balaban J connectivity index is 1.40. The maximum absolute atomic E-state index is 13.0. The highest BCUT2D eigenvalue weighted by Gasteiger charge is 2.64. The monoisotopic (exact) mass is 350 g/mol. The molecule has 24 heavy (non-hydrogen) atoms. The number of H-pyrrole nitrogens is 1. The predicted octanol–water partition coefficient (Wildman–Crippen LogP) is 2.12. The molecule has 3 N–H and O–H groups in total. The number of carbonyl (C=O) groups excluding carboxylic acids is 1. The van der Waals surface area contributed by atoms with Crippen molar-refractivity contribution in [1.29, 1.82) is 0 Å². The molecule has 4 aliphatic rings. The summed E-state index contributed by atoms with van der Waals surface area (Å²) in [6.07, 6.45) is 8.31. The summed E-state index contributed by atoms with van der Waals surface area (Å²) in [4.78, 5) is 13.0. The highest BCUT2D eigenvalue weighted by molar-refractivity contribution is 7.99. The van der Waals surface area contributed by atoms with E-state index in [1.807, 2.05) is 0 Å². The smallest absolute Gasteiger partial charge is 0.226 e. The van der Waals surface area contributed by atoms with Crippen molar-refractivity contribution in [2.45, 2.75) is 62.5 Å². The summed E-state index contributed by atoms with van der Waals surface area (Å²) < 4.78 is 0. The van der Waals surface area contributed by atoms with E-state index in [1.54, 1.807) is 18.0 Å². The maximum Gasteiger partial charge on any atom is 0.226 e. The second kappa shape index (κ2) is 5.73. The van der Waals surface area contributed by atoms with Crippen LogP contribution in [0.2, 0.25) is 0 Å². The van der Waals surface area contributed by atoms with E-state index >= 15 is 0 Å². The molecule has 6 nitrogen and oxygen atoms in total. The number of amides is 1. The third-order valence-corrected chi connectivity index (χ3v) is 7.32. The minimum atomic E-state index is -0.609. The summed E-state index contributed by atoms with van der Waals surface area (Å²) in [5, 5.41) is 25.3. The van der Waals surface area contributed by atoms with Gasteiger partial charge in [0.1, 0.15) is 5.03 Å². The fourth-order valence-corrected chi connectivity index (χ4v) is 6.65. The quantitative estimate of drug-likeness (QED) is 0.540. The summed E-state index contributed by atoms with van der Waals surface area (Å²) in [7, 11) is 0. The van der Waals surface area contributed by atoms with Crippen LogP contribution >= 0.6 is 11.8 Å². The molecule has 4 atom stereocenters. The van der Waals surface area contributed by atoms with Crippen LogP contribution in [0, 0.1) is 16.7 Å². The second-order valence-corrected chi connectivity index (χ2v) is 9.39. The minimum absolute atomic E-state index is 0.156. The first kappa shape index (κ1) is 16.4. The van der Waals surface area contributed by atoms with Gasteiger partial charge in [0.15, 0.2) is 0 Å². The van der Waals surface area contributed by atoms with Crippen molar-refractivity contribution in [3.63, 3.8) is 0 Å². The molecule has 4 bridgehead atoms. The standard InChI is InChI=1S/C17H26N4O2S/c1-2-15-5-12-6-16(9-15,11-17(23,7-12)10-15)14(22)18-3-4-24-13-8-19-21-20-13/h8,12,23H,2-7,9-11H2,1H3,(H,18,22)(H,19,20,21)/t12-,15+,16+,17+/m0/s1. The molecule has 132 valence electrons. The van der Waals surface area contributed by atoms with Crippen LogP contribution in [0.15, 0.2) is 11.2 Å². The molecule has 1 aromatic rings. The summed E-state index contributed by atoms with van der Waals surface area (Å²) >= 11 is 1.58. The first-order valence-electron chi connectivity index (χ1n) is 8.96. The Labute approximate surface area is 146 Å². The first-order valence-corrected chi connectivity index (χ1v) is 9.94. The molecule has 5 rings (SSSR count). The van der Waals surface area contributed by atoms with Gasteiger partial charge in [0.25, 0.3) is 0 Å². The van der Waals surface area contributed by atoms with Crippen molar-refractivity contribution in [3.8, 4) is 0 Å². The summed E-state index contributed by atoms with van der Waals surface area (Å²) in [6, 6.07) is 0. The molecule has 0 spiro atoms. The van der Waals surface area contributed by atoms with Crippen LogP contribution in [0.3, 0.4) is 0 Å². The van der Waals surface area contributed by atoms with Crippen molar-refractivity contribution >= 4 is 17.7 Å². The number of hydrogen-bond donors (Lipinski definition) is 3. The molecule has 4 saturated carbocycles.